The summed E-state index contributed by atoms with van der Waals surface area (Å²) in [5.41, 5.74) is -1.77. The predicted octanol–water partition coefficient (Wildman–Crippen LogP) is 3.62. The molecule has 2 saturated heterocycles. The molecule has 2 bridgehead atoms. The lowest BCUT2D eigenvalue weighted by Gasteiger charge is -2.36. The van der Waals surface area contributed by atoms with Crippen LogP contribution in [0.15, 0.2) is 29.2 Å². The van der Waals surface area contributed by atoms with E-state index < -0.39 is 56.5 Å². The summed E-state index contributed by atoms with van der Waals surface area (Å²) in [6.07, 6.45) is -4.62. The van der Waals surface area contributed by atoms with Crippen LogP contribution in [0.1, 0.15) is 53.0 Å². The molecule has 2 heterocycles. The summed E-state index contributed by atoms with van der Waals surface area (Å²) in [6.45, 7) is 9.05. The molecule has 2 aliphatic rings. The molecule has 0 aliphatic carbocycles. The standard InChI is InChI=1S/C23H32F3N3O5S/c1-14(2)9-19(27-21(31)34-22(3,4)5)20(30)28-12-17-11-16(28)13-29(17)35(32,33)18-8-6-7-15(10-18)23(24,25)26/h6-8,10,14,16-17,19H,9,11-13H2,1-5H3,(H,27,31)/t16-,17+,19-/m1/s1. The molecule has 0 radical (unpaired) electrons. The van der Waals surface area contributed by atoms with Crippen molar-refractivity contribution in [3.05, 3.63) is 29.8 Å². The summed E-state index contributed by atoms with van der Waals surface area (Å²) in [4.78, 5) is 26.7. The van der Waals surface area contributed by atoms with Gasteiger partial charge in [-0.15, -0.1) is 0 Å². The van der Waals surface area contributed by atoms with E-state index in [1.54, 1.807) is 25.7 Å². The van der Waals surface area contributed by atoms with Crippen molar-refractivity contribution in [2.75, 3.05) is 13.1 Å². The lowest BCUT2D eigenvalue weighted by Crippen LogP contribution is -2.56. The molecule has 0 spiro atoms. The van der Waals surface area contributed by atoms with Crippen molar-refractivity contribution in [2.45, 2.75) is 82.3 Å². The zero-order valence-corrected chi connectivity index (χ0v) is 21.2. The van der Waals surface area contributed by atoms with E-state index in [1.165, 1.54) is 4.31 Å². The summed E-state index contributed by atoms with van der Waals surface area (Å²) in [5, 5.41) is 2.64. The van der Waals surface area contributed by atoms with E-state index in [1.807, 2.05) is 13.8 Å². The highest BCUT2D eigenvalue weighted by Crippen LogP contribution is 2.37. The highest BCUT2D eigenvalue weighted by atomic mass is 32.2. The molecular weight excluding hydrogens is 487 g/mol. The molecule has 0 saturated carbocycles. The van der Waals surface area contributed by atoms with Gasteiger partial charge in [0.2, 0.25) is 15.9 Å². The Morgan fingerprint density at radius 1 is 1.14 bits per heavy atom. The molecule has 0 aromatic heterocycles. The molecule has 1 aromatic rings. The van der Waals surface area contributed by atoms with Crippen molar-refractivity contribution < 1.29 is 35.9 Å². The lowest BCUT2D eigenvalue weighted by atomic mass is 10.0. The minimum atomic E-state index is -4.66. The van der Waals surface area contributed by atoms with Crippen LogP contribution in [0.5, 0.6) is 0 Å². The third kappa shape index (κ3) is 6.27. The van der Waals surface area contributed by atoms with Crippen molar-refractivity contribution in [3.63, 3.8) is 0 Å². The zero-order chi connectivity index (χ0) is 26.3. The van der Waals surface area contributed by atoms with Crippen molar-refractivity contribution in [1.29, 1.82) is 0 Å². The number of rotatable bonds is 6. The summed E-state index contributed by atoms with van der Waals surface area (Å²) < 4.78 is 71.9. The van der Waals surface area contributed by atoms with Gasteiger partial charge in [-0.1, -0.05) is 19.9 Å². The van der Waals surface area contributed by atoms with Gasteiger partial charge in [-0.3, -0.25) is 4.79 Å². The average Bonchev–Trinajstić information content (AvgIpc) is 3.32. The maximum Gasteiger partial charge on any atom is 0.416 e. The number of nitrogens with zero attached hydrogens (tertiary/aromatic N) is 2. The normalized spacial score (nSPS) is 21.9. The number of carbonyl (C=O) groups is 2. The highest BCUT2D eigenvalue weighted by Gasteiger charge is 2.51. The number of alkyl carbamates (subject to hydrolysis) is 1. The number of nitrogens with one attached hydrogen (secondary N) is 1. The van der Waals surface area contributed by atoms with Crippen LogP contribution < -0.4 is 5.32 Å². The first-order valence-electron chi connectivity index (χ1n) is 11.5. The zero-order valence-electron chi connectivity index (χ0n) is 20.4. The molecule has 8 nitrogen and oxygen atoms in total. The topological polar surface area (TPSA) is 96.0 Å². The van der Waals surface area contributed by atoms with Crippen LogP contribution in [0.25, 0.3) is 0 Å². The van der Waals surface area contributed by atoms with E-state index in [-0.39, 0.29) is 24.9 Å². The maximum atomic E-state index is 13.3. The molecule has 35 heavy (non-hydrogen) atoms. The molecule has 0 unspecified atom stereocenters. The minimum Gasteiger partial charge on any atom is -0.444 e. The Morgan fingerprint density at radius 2 is 1.80 bits per heavy atom. The Hall–Kier alpha value is -2.34. The number of ether oxygens (including phenoxy) is 1. The van der Waals surface area contributed by atoms with E-state index in [0.29, 0.717) is 18.9 Å². The van der Waals surface area contributed by atoms with Crippen LogP contribution in [-0.4, -0.2) is 66.4 Å². The number of likely N-dealkylation sites (tertiary alicyclic amines) is 1. The number of piperazine rings is 1. The van der Waals surface area contributed by atoms with Crippen LogP contribution >= 0.6 is 0 Å². The summed E-state index contributed by atoms with van der Waals surface area (Å²) in [7, 11) is -4.17. The van der Waals surface area contributed by atoms with Crippen molar-refractivity contribution in [1.82, 2.24) is 14.5 Å². The van der Waals surface area contributed by atoms with Gasteiger partial charge >= 0.3 is 12.3 Å². The molecule has 3 rings (SSSR count). The van der Waals surface area contributed by atoms with E-state index in [9.17, 15) is 31.2 Å². The number of hydrogen-bond acceptors (Lipinski definition) is 5. The van der Waals surface area contributed by atoms with Crippen molar-refractivity contribution >= 4 is 22.0 Å². The van der Waals surface area contributed by atoms with Crippen molar-refractivity contribution in [2.24, 2.45) is 5.92 Å². The number of hydrogen-bond donors (Lipinski definition) is 1. The Morgan fingerprint density at radius 3 is 2.31 bits per heavy atom. The van der Waals surface area contributed by atoms with Gasteiger partial charge in [0.05, 0.1) is 10.5 Å². The van der Waals surface area contributed by atoms with Gasteiger partial charge in [0.25, 0.3) is 0 Å². The minimum absolute atomic E-state index is 0.0180. The third-order valence-electron chi connectivity index (χ3n) is 5.94. The fourth-order valence-electron chi connectivity index (χ4n) is 4.51. The Labute approximate surface area is 203 Å². The Bertz CT molecular complexity index is 1070. The summed E-state index contributed by atoms with van der Waals surface area (Å²) >= 11 is 0. The van der Waals surface area contributed by atoms with Gasteiger partial charge in [-0.25, -0.2) is 13.2 Å². The van der Waals surface area contributed by atoms with Crippen LogP contribution in [0.3, 0.4) is 0 Å². The van der Waals surface area contributed by atoms with Crippen LogP contribution in [0, 0.1) is 5.92 Å². The van der Waals surface area contributed by atoms with Gasteiger partial charge in [0.1, 0.15) is 11.6 Å². The summed E-state index contributed by atoms with van der Waals surface area (Å²) in [5.74, 6) is -0.232. The Kier molecular flexibility index (Phi) is 7.48. The van der Waals surface area contributed by atoms with E-state index in [2.05, 4.69) is 5.32 Å². The van der Waals surface area contributed by atoms with E-state index in [4.69, 9.17) is 4.74 Å². The molecule has 1 aromatic carbocycles. The van der Waals surface area contributed by atoms with E-state index >= 15 is 0 Å². The number of amides is 2. The number of sulfonamides is 1. The molecule has 3 atom stereocenters. The van der Waals surface area contributed by atoms with Crippen LogP contribution in [0.2, 0.25) is 0 Å². The first-order chi connectivity index (χ1) is 16.0. The number of carbonyl (C=O) groups excluding carboxylic acids is 2. The number of alkyl halides is 3. The SMILES string of the molecule is CC(C)C[C@@H](NC(=O)OC(C)(C)C)C(=O)N1C[C@@H]2C[C@@H]1CN2S(=O)(=O)c1cccc(C(F)(F)F)c1. The maximum absolute atomic E-state index is 13.3. The van der Waals surface area contributed by atoms with Gasteiger partial charge < -0.3 is 15.0 Å². The largest absolute Gasteiger partial charge is 0.444 e. The molecule has 2 aliphatic heterocycles. The highest BCUT2D eigenvalue weighted by molar-refractivity contribution is 7.89. The van der Waals surface area contributed by atoms with Gasteiger partial charge in [-0.05, 0) is 57.7 Å². The molecule has 12 heteroatoms. The monoisotopic (exact) mass is 519 g/mol. The fraction of sp³-hybridized carbons (Fsp3) is 0.652. The average molecular weight is 520 g/mol. The number of fused-ring (bicyclic) bond motifs is 2. The number of benzene rings is 1. The Balaban J connectivity index is 1.74. The number of halogens is 3. The molecule has 1 N–H and O–H groups in total. The third-order valence-corrected chi connectivity index (χ3v) is 7.85. The van der Waals surface area contributed by atoms with Crippen LogP contribution in [-0.2, 0) is 25.7 Å². The second-order valence-electron chi connectivity index (χ2n) is 10.5. The van der Waals surface area contributed by atoms with Crippen molar-refractivity contribution in [3.8, 4) is 0 Å². The quantitative estimate of drug-likeness (QED) is 0.620. The first kappa shape index (κ1) is 27.3. The fourth-order valence-corrected chi connectivity index (χ4v) is 6.22. The van der Waals surface area contributed by atoms with E-state index in [0.717, 1.165) is 18.2 Å². The molecule has 2 fully saturated rings. The predicted molar refractivity (Wildman–Crippen MR) is 122 cm³/mol. The summed E-state index contributed by atoms with van der Waals surface area (Å²) in [6, 6.07) is 1.85. The molecule has 2 amide bonds. The first-order valence-corrected chi connectivity index (χ1v) is 12.9. The van der Waals surface area contributed by atoms with Gasteiger partial charge in [0.15, 0.2) is 0 Å². The second-order valence-corrected chi connectivity index (χ2v) is 12.4. The molecular formula is C23H32F3N3O5S. The van der Waals surface area contributed by atoms with Crippen LogP contribution in [0.4, 0.5) is 18.0 Å². The lowest BCUT2D eigenvalue weighted by molar-refractivity contribution is -0.138. The van der Waals surface area contributed by atoms with Gasteiger partial charge in [-0.2, -0.15) is 17.5 Å². The smallest absolute Gasteiger partial charge is 0.416 e. The second kappa shape index (κ2) is 9.61. The van der Waals surface area contributed by atoms with Gasteiger partial charge in [0, 0.05) is 25.2 Å². The molecule has 196 valence electrons.